The van der Waals surface area contributed by atoms with E-state index in [0.29, 0.717) is 18.1 Å². The molecule has 0 aromatic carbocycles. The highest BCUT2D eigenvalue weighted by atomic mass is 16.3. The minimum atomic E-state index is -0.281. The summed E-state index contributed by atoms with van der Waals surface area (Å²) in [7, 11) is 0. The van der Waals surface area contributed by atoms with Crippen molar-refractivity contribution in [3.63, 3.8) is 0 Å². The standard InChI is InChI=1S/C17H23N5O2/c1-3-22-15-7-9-21(10-13(15)14(11-23)20-22)12(2)17(24)19-16-6-4-5-8-18-16/h4-6,8,12,23H,3,7,9-11H2,1-2H3,(H,18,19,24)/t12-/m1/s1. The molecule has 0 saturated carbocycles. The van der Waals surface area contributed by atoms with E-state index >= 15 is 0 Å². The van der Waals surface area contributed by atoms with E-state index in [0.717, 1.165) is 25.1 Å². The predicted molar refractivity (Wildman–Crippen MR) is 90.3 cm³/mol. The molecule has 2 aromatic heterocycles. The minimum Gasteiger partial charge on any atom is -0.390 e. The van der Waals surface area contributed by atoms with Crippen LogP contribution in [0.15, 0.2) is 24.4 Å². The van der Waals surface area contributed by atoms with Gasteiger partial charge in [0.1, 0.15) is 5.82 Å². The van der Waals surface area contributed by atoms with Crippen LogP contribution in [0.3, 0.4) is 0 Å². The topological polar surface area (TPSA) is 83.3 Å². The molecule has 1 atom stereocenters. The van der Waals surface area contributed by atoms with Crippen molar-refractivity contribution >= 4 is 11.7 Å². The highest BCUT2D eigenvalue weighted by Crippen LogP contribution is 2.24. The summed E-state index contributed by atoms with van der Waals surface area (Å²) in [5, 5.41) is 16.9. The Morgan fingerprint density at radius 3 is 2.96 bits per heavy atom. The molecule has 2 aromatic rings. The van der Waals surface area contributed by atoms with Crippen LogP contribution in [0.25, 0.3) is 0 Å². The Labute approximate surface area is 141 Å². The van der Waals surface area contributed by atoms with Crippen molar-refractivity contribution in [2.75, 3.05) is 11.9 Å². The lowest BCUT2D eigenvalue weighted by molar-refractivity contribution is -0.121. The Morgan fingerprint density at radius 2 is 2.29 bits per heavy atom. The molecule has 1 aliphatic rings. The second-order valence-electron chi connectivity index (χ2n) is 5.95. The van der Waals surface area contributed by atoms with E-state index in [1.165, 1.54) is 5.69 Å². The predicted octanol–water partition coefficient (Wildman–Crippen LogP) is 1.18. The Kier molecular flexibility index (Phi) is 4.92. The fourth-order valence-corrected chi connectivity index (χ4v) is 3.14. The van der Waals surface area contributed by atoms with Gasteiger partial charge in [-0.2, -0.15) is 5.10 Å². The van der Waals surface area contributed by atoms with E-state index in [2.05, 4.69) is 20.3 Å². The van der Waals surface area contributed by atoms with Gasteiger partial charge in [0.25, 0.3) is 0 Å². The Bertz CT molecular complexity index is 713. The monoisotopic (exact) mass is 329 g/mol. The van der Waals surface area contributed by atoms with Crippen LogP contribution in [-0.2, 0) is 30.9 Å². The number of rotatable bonds is 5. The van der Waals surface area contributed by atoms with E-state index in [9.17, 15) is 9.90 Å². The fourth-order valence-electron chi connectivity index (χ4n) is 3.14. The first-order chi connectivity index (χ1) is 11.6. The zero-order chi connectivity index (χ0) is 17.1. The number of aliphatic hydroxyl groups excluding tert-OH is 1. The van der Waals surface area contributed by atoms with Crippen molar-refractivity contribution in [1.82, 2.24) is 19.7 Å². The lowest BCUT2D eigenvalue weighted by Crippen LogP contribution is -2.44. The van der Waals surface area contributed by atoms with Gasteiger partial charge in [-0.1, -0.05) is 6.07 Å². The van der Waals surface area contributed by atoms with Crippen molar-refractivity contribution in [2.45, 2.75) is 46.0 Å². The smallest absolute Gasteiger partial charge is 0.242 e. The van der Waals surface area contributed by atoms with Gasteiger partial charge in [0.15, 0.2) is 0 Å². The molecule has 0 saturated heterocycles. The third-order valence-corrected chi connectivity index (χ3v) is 4.54. The Balaban J connectivity index is 1.72. The number of pyridine rings is 1. The number of carbonyl (C=O) groups is 1. The lowest BCUT2D eigenvalue weighted by atomic mass is 10.0. The van der Waals surface area contributed by atoms with Crippen LogP contribution in [0.2, 0.25) is 0 Å². The molecule has 0 spiro atoms. The van der Waals surface area contributed by atoms with E-state index in [1.807, 2.05) is 30.7 Å². The maximum Gasteiger partial charge on any atom is 0.242 e. The number of nitrogens with one attached hydrogen (secondary N) is 1. The van der Waals surface area contributed by atoms with Gasteiger partial charge in [-0.25, -0.2) is 4.98 Å². The van der Waals surface area contributed by atoms with Gasteiger partial charge in [0, 0.05) is 43.5 Å². The van der Waals surface area contributed by atoms with Gasteiger partial charge in [0.2, 0.25) is 5.91 Å². The molecule has 7 heteroatoms. The first-order valence-electron chi connectivity index (χ1n) is 8.28. The number of hydrogen-bond acceptors (Lipinski definition) is 5. The lowest BCUT2D eigenvalue weighted by Gasteiger charge is -2.32. The van der Waals surface area contributed by atoms with Crippen molar-refractivity contribution in [3.05, 3.63) is 41.3 Å². The Hall–Kier alpha value is -2.25. The molecule has 0 unspecified atom stereocenters. The molecule has 0 fully saturated rings. The number of carbonyl (C=O) groups excluding carboxylic acids is 1. The average molecular weight is 329 g/mol. The number of amides is 1. The normalized spacial score (nSPS) is 15.8. The Morgan fingerprint density at radius 1 is 1.46 bits per heavy atom. The zero-order valence-electron chi connectivity index (χ0n) is 14.1. The van der Waals surface area contributed by atoms with E-state index in [4.69, 9.17) is 0 Å². The minimum absolute atomic E-state index is 0.0717. The summed E-state index contributed by atoms with van der Waals surface area (Å²) in [6.07, 6.45) is 2.48. The summed E-state index contributed by atoms with van der Waals surface area (Å²) < 4.78 is 1.96. The van der Waals surface area contributed by atoms with Crippen molar-refractivity contribution in [1.29, 1.82) is 0 Å². The highest BCUT2D eigenvalue weighted by molar-refractivity contribution is 5.93. The molecule has 2 N–H and O–H groups in total. The SMILES string of the molecule is CCn1nc(CO)c2c1CCN([C@H](C)C(=O)Nc1ccccn1)C2. The first-order valence-corrected chi connectivity index (χ1v) is 8.28. The van der Waals surface area contributed by atoms with E-state index < -0.39 is 0 Å². The van der Waals surface area contributed by atoms with Crippen molar-refractivity contribution in [2.24, 2.45) is 0 Å². The largest absolute Gasteiger partial charge is 0.390 e. The molecule has 1 amide bonds. The third-order valence-electron chi connectivity index (χ3n) is 4.54. The van der Waals surface area contributed by atoms with Gasteiger partial charge >= 0.3 is 0 Å². The van der Waals surface area contributed by atoms with Crippen molar-refractivity contribution < 1.29 is 9.90 Å². The van der Waals surface area contributed by atoms with Gasteiger partial charge in [0.05, 0.1) is 18.3 Å². The molecule has 24 heavy (non-hydrogen) atoms. The second kappa shape index (κ2) is 7.11. The molecular formula is C17H23N5O2. The summed E-state index contributed by atoms with van der Waals surface area (Å²) in [6, 6.07) is 5.14. The maximum absolute atomic E-state index is 12.5. The summed E-state index contributed by atoms with van der Waals surface area (Å²) in [6.45, 7) is 6.08. The number of aliphatic hydroxyl groups is 1. The van der Waals surface area contributed by atoms with Crippen LogP contribution >= 0.6 is 0 Å². The molecule has 0 radical (unpaired) electrons. The number of hydrogen-bond donors (Lipinski definition) is 2. The molecule has 0 aliphatic carbocycles. The molecular weight excluding hydrogens is 306 g/mol. The second-order valence-corrected chi connectivity index (χ2v) is 5.95. The van der Waals surface area contributed by atoms with Crippen LogP contribution in [-0.4, -0.2) is 43.3 Å². The summed E-state index contributed by atoms with van der Waals surface area (Å²) in [5.41, 5.74) is 2.95. The number of aryl methyl sites for hydroxylation is 1. The van der Waals surface area contributed by atoms with Crippen LogP contribution in [0.1, 0.15) is 30.8 Å². The number of fused-ring (bicyclic) bond motifs is 1. The molecule has 0 bridgehead atoms. The third kappa shape index (κ3) is 3.18. The van der Waals surface area contributed by atoms with Crippen LogP contribution < -0.4 is 5.32 Å². The highest BCUT2D eigenvalue weighted by Gasteiger charge is 2.29. The van der Waals surface area contributed by atoms with E-state index in [-0.39, 0.29) is 18.6 Å². The first kappa shape index (κ1) is 16.6. The van der Waals surface area contributed by atoms with Crippen LogP contribution in [0.5, 0.6) is 0 Å². The van der Waals surface area contributed by atoms with Gasteiger partial charge < -0.3 is 10.4 Å². The zero-order valence-corrected chi connectivity index (χ0v) is 14.1. The fraction of sp³-hybridized carbons (Fsp3) is 0.471. The van der Waals surface area contributed by atoms with Gasteiger partial charge in [-0.15, -0.1) is 0 Å². The summed E-state index contributed by atoms with van der Waals surface area (Å²) in [5.74, 6) is 0.479. The molecule has 1 aliphatic heterocycles. The number of nitrogens with zero attached hydrogens (tertiary/aromatic N) is 4. The molecule has 7 nitrogen and oxygen atoms in total. The quantitative estimate of drug-likeness (QED) is 0.860. The maximum atomic E-state index is 12.5. The van der Waals surface area contributed by atoms with Crippen LogP contribution in [0, 0.1) is 0 Å². The van der Waals surface area contributed by atoms with Gasteiger partial charge in [-0.05, 0) is 26.0 Å². The number of anilines is 1. The van der Waals surface area contributed by atoms with Gasteiger partial charge in [-0.3, -0.25) is 14.4 Å². The number of aromatic nitrogens is 3. The molecule has 3 heterocycles. The summed E-state index contributed by atoms with van der Waals surface area (Å²) >= 11 is 0. The average Bonchev–Trinajstić information content (AvgIpc) is 2.99. The summed E-state index contributed by atoms with van der Waals surface area (Å²) in [4.78, 5) is 18.7. The van der Waals surface area contributed by atoms with Crippen LogP contribution in [0.4, 0.5) is 5.82 Å². The molecule has 128 valence electrons. The van der Waals surface area contributed by atoms with E-state index in [1.54, 1.807) is 12.3 Å². The molecule has 3 rings (SSSR count). The van der Waals surface area contributed by atoms with Crippen molar-refractivity contribution in [3.8, 4) is 0 Å².